The molecule has 0 aliphatic heterocycles. The van der Waals surface area contributed by atoms with Crippen LogP contribution in [0.5, 0.6) is 0 Å². The van der Waals surface area contributed by atoms with Gasteiger partial charge in [0.2, 0.25) is 0 Å². The number of nitrogens with one attached hydrogen (secondary N) is 1. The molecule has 1 rings (SSSR count). The number of hydrogen-bond acceptors (Lipinski definition) is 3. The van der Waals surface area contributed by atoms with Crippen molar-refractivity contribution >= 4 is 23.3 Å². The molecule has 0 saturated carbocycles. The highest BCUT2D eigenvalue weighted by molar-refractivity contribution is 6.33. The summed E-state index contributed by atoms with van der Waals surface area (Å²) in [6, 6.07) is 0. The lowest BCUT2D eigenvalue weighted by molar-refractivity contribution is 0.561. The molecule has 0 saturated heterocycles. The molecule has 0 unspecified atom stereocenters. The van der Waals surface area contributed by atoms with Crippen LogP contribution in [0.2, 0.25) is 5.02 Å². The summed E-state index contributed by atoms with van der Waals surface area (Å²) in [6.45, 7) is 8.18. The van der Waals surface area contributed by atoms with E-state index < -0.39 is 0 Å². The third-order valence-corrected chi connectivity index (χ3v) is 2.97. The molecule has 0 atom stereocenters. The maximum Gasteiger partial charge on any atom is 0.147 e. The zero-order valence-electron chi connectivity index (χ0n) is 11.0. The maximum atomic E-state index is 7.95. The van der Waals surface area contributed by atoms with Crippen LogP contribution < -0.4 is 5.73 Å². The second-order valence-electron chi connectivity index (χ2n) is 5.26. The van der Waals surface area contributed by atoms with E-state index in [-0.39, 0.29) is 5.41 Å². The summed E-state index contributed by atoms with van der Waals surface area (Å²) < 4.78 is 1.46. The molecule has 0 aliphatic rings. The van der Waals surface area contributed by atoms with Gasteiger partial charge in [-0.15, -0.1) is 0 Å². The first kappa shape index (κ1) is 14.0. The smallest absolute Gasteiger partial charge is 0.147 e. The van der Waals surface area contributed by atoms with Gasteiger partial charge in [-0.1, -0.05) is 45.7 Å². The minimum Gasteiger partial charge on any atom is -0.382 e. The van der Waals surface area contributed by atoms with Crippen molar-refractivity contribution in [3.05, 3.63) is 10.7 Å². The number of halogens is 1. The van der Waals surface area contributed by atoms with Crippen molar-refractivity contribution in [1.29, 1.82) is 5.41 Å². The first-order chi connectivity index (χ1) is 7.79. The standard InChI is InChI=1S/C12H21ClN4/c1-5-6-7-8(14)17-11(15)9(13)10(16-17)12(2,3)4/h14H,5-7,15H2,1-4H3. The zero-order valence-corrected chi connectivity index (χ0v) is 11.7. The van der Waals surface area contributed by atoms with Crippen LogP contribution in [0.25, 0.3) is 0 Å². The predicted octanol–water partition coefficient (Wildman–Crippen LogP) is 3.43. The summed E-state index contributed by atoms with van der Waals surface area (Å²) in [6.07, 6.45) is 2.67. The first-order valence-corrected chi connectivity index (χ1v) is 6.29. The summed E-state index contributed by atoms with van der Waals surface area (Å²) in [5, 5.41) is 12.8. The molecule has 96 valence electrons. The van der Waals surface area contributed by atoms with Gasteiger partial charge in [0.25, 0.3) is 0 Å². The average Bonchev–Trinajstić information content (AvgIpc) is 2.52. The summed E-state index contributed by atoms with van der Waals surface area (Å²) in [4.78, 5) is 0. The van der Waals surface area contributed by atoms with Crippen LogP contribution in [0.4, 0.5) is 5.82 Å². The largest absolute Gasteiger partial charge is 0.382 e. The molecule has 0 aromatic carbocycles. The Bertz CT molecular complexity index is 415. The van der Waals surface area contributed by atoms with Crippen LogP contribution in [-0.2, 0) is 5.41 Å². The molecule has 17 heavy (non-hydrogen) atoms. The van der Waals surface area contributed by atoms with Crippen LogP contribution in [0.3, 0.4) is 0 Å². The van der Waals surface area contributed by atoms with E-state index >= 15 is 0 Å². The summed E-state index contributed by atoms with van der Waals surface area (Å²) in [5.41, 5.74) is 6.48. The molecule has 0 fully saturated rings. The second-order valence-corrected chi connectivity index (χ2v) is 5.64. The van der Waals surface area contributed by atoms with Crippen molar-refractivity contribution in [2.75, 3.05) is 5.73 Å². The van der Waals surface area contributed by atoms with E-state index in [1.807, 2.05) is 20.8 Å². The quantitative estimate of drug-likeness (QED) is 0.643. The van der Waals surface area contributed by atoms with E-state index in [1.54, 1.807) is 0 Å². The highest BCUT2D eigenvalue weighted by Crippen LogP contribution is 2.32. The number of nitrogen functional groups attached to an aromatic ring is 1. The van der Waals surface area contributed by atoms with Gasteiger partial charge in [0.05, 0.1) is 5.69 Å². The van der Waals surface area contributed by atoms with Gasteiger partial charge in [-0.05, 0) is 6.42 Å². The normalized spacial score (nSPS) is 11.8. The lowest BCUT2D eigenvalue weighted by Crippen LogP contribution is -2.17. The van der Waals surface area contributed by atoms with E-state index in [1.165, 1.54) is 4.68 Å². The van der Waals surface area contributed by atoms with Gasteiger partial charge in [0.1, 0.15) is 16.7 Å². The Morgan fingerprint density at radius 1 is 1.47 bits per heavy atom. The van der Waals surface area contributed by atoms with Crippen LogP contribution in [0, 0.1) is 5.41 Å². The lowest BCUT2D eigenvalue weighted by Gasteiger charge is -2.15. The molecule has 0 aliphatic carbocycles. The van der Waals surface area contributed by atoms with E-state index in [0.29, 0.717) is 23.1 Å². The highest BCUT2D eigenvalue weighted by atomic mass is 35.5. The summed E-state index contributed by atoms with van der Waals surface area (Å²) >= 11 is 6.17. The second kappa shape index (κ2) is 5.08. The van der Waals surface area contributed by atoms with E-state index in [2.05, 4.69) is 12.0 Å². The number of anilines is 1. The monoisotopic (exact) mass is 256 g/mol. The molecule has 1 aromatic heterocycles. The maximum absolute atomic E-state index is 7.95. The average molecular weight is 257 g/mol. The van der Waals surface area contributed by atoms with Crippen LogP contribution in [0.15, 0.2) is 0 Å². The fraction of sp³-hybridized carbons (Fsp3) is 0.667. The summed E-state index contributed by atoms with van der Waals surface area (Å²) in [5.74, 6) is 0.777. The molecule has 1 aromatic rings. The Kier molecular flexibility index (Phi) is 4.20. The fourth-order valence-corrected chi connectivity index (χ4v) is 1.95. The van der Waals surface area contributed by atoms with Gasteiger partial charge in [-0.2, -0.15) is 5.10 Å². The van der Waals surface area contributed by atoms with Gasteiger partial charge >= 0.3 is 0 Å². The van der Waals surface area contributed by atoms with Gasteiger partial charge < -0.3 is 5.73 Å². The van der Waals surface area contributed by atoms with Crippen molar-refractivity contribution in [2.45, 2.75) is 52.4 Å². The zero-order chi connectivity index (χ0) is 13.2. The van der Waals surface area contributed by atoms with Crippen LogP contribution in [-0.4, -0.2) is 15.6 Å². The number of nitrogens with two attached hydrogens (primary N) is 1. The molecule has 0 amide bonds. The lowest BCUT2D eigenvalue weighted by atomic mass is 9.92. The van der Waals surface area contributed by atoms with Gasteiger partial charge in [0.15, 0.2) is 0 Å². The number of rotatable bonds is 3. The SMILES string of the molecule is CCCCC(=N)n1nc(C(C)(C)C)c(Cl)c1N. The minimum atomic E-state index is -0.165. The Balaban J connectivity index is 3.07. The molecule has 0 radical (unpaired) electrons. The number of nitrogens with zero attached hydrogens (tertiary/aromatic N) is 2. The molecule has 1 heterocycles. The van der Waals surface area contributed by atoms with Crippen molar-refractivity contribution in [2.24, 2.45) is 0 Å². The topological polar surface area (TPSA) is 67.7 Å². The molecule has 4 nitrogen and oxygen atoms in total. The van der Waals surface area contributed by atoms with Crippen molar-refractivity contribution in [3.63, 3.8) is 0 Å². The molecule has 3 N–H and O–H groups in total. The van der Waals surface area contributed by atoms with Crippen molar-refractivity contribution in [1.82, 2.24) is 9.78 Å². The summed E-state index contributed by atoms with van der Waals surface area (Å²) in [7, 11) is 0. The van der Waals surface area contributed by atoms with Gasteiger partial charge in [-0.25, -0.2) is 4.68 Å². The van der Waals surface area contributed by atoms with E-state index in [0.717, 1.165) is 18.5 Å². The predicted molar refractivity (Wildman–Crippen MR) is 73.0 cm³/mol. The Hall–Kier alpha value is -1.03. The molecule has 5 heteroatoms. The van der Waals surface area contributed by atoms with Crippen molar-refractivity contribution in [3.8, 4) is 0 Å². The molecular formula is C12H21ClN4. The fourth-order valence-electron chi connectivity index (χ4n) is 1.55. The Morgan fingerprint density at radius 3 is 2.47 bits per heavy atom. The number of hydrogen-bond donors (Lipinski definition) is 2. The third kappa shape index (κ3) is 3.00. The van der Waals surface area contributed by atoms with E-state index in [9.17, 15) is 0 Å². The van der Waals surface area contributed by atoms with E-state index in [4.69, 9.17) is 22.7 Å². The third-order valence-electron chi connectivity index (χ3n) is 2.59. The Morgan fingerprint density at radius 2 is 2.06 bits per heavy atom. The molecular weight excluding hydrogens is 236 g/mol. The minimum absolute atomic E-state index is 0.165. The van der Waals surface area contributed by atoms with Crippen LogP contribution >= 0.6 is 11.6 Å². The number of unbranched alkanes of at least 4 members (excludes halogenated alkanes) is 1. The highest BCUT2D eigenvalue weighted by Gasteiger charge is 2.25. The van der Waals surface area contributed by atoms with Crippen LogP contribution in [0.1, 0.15) is 52.7 Å². The molecule has 0 bridgehead atoms. The van der Waals surface area contributed by atoms with Gasteiger partial charge in [-0.3, -0.25) is 5.41 Å². The molecule has 0 spiro atoms. The number of aromatic nitrogens is 2. The van der Waals surface area contributed by atoms with Crippen molar-refractivity contribution < 1.29 is 0 Å². The Labute approximate surface area is 108 Å². The van der Waals surface area contributed by atoms with Gasteiger partial charge in [0, 0.05) is 11.8 Å². The first-order valence-electron chi connectivity index (χ1n) is 5.91.